The van der Waals surface area contributed by atoms with Crippen LogP contribution in [0, 0.1) is 0 Å². The number of methoxy groups -OCH3 is 2. The molecule has 1 aromatic heterocycles. The summed E-state index contributed by atoms with van der Waals surface area (Å²) >= 11 is 1.54. The van der Waals surface area contributed by atoms with Crippen LogP contribution >= 0.6 is 11.3 Å². The summed E-state index contributed by atoms with van der Waals surface area (Å²) in [6, 6.07) is 6.35. The van der Waals surface area contributed by atoms with Gasteiger partial charge in [-0.05, 0) is 24.1 Å². The first kappa shape index (κ1) is 16.2. The molecule has 21 heavy (non-hydrogen) atoms. The molecule has 0 aliphatic rings. The molecule has 1 heterocycles. The lowest BCUT2D eigenvalue weighted by Gasteiger charge is -2.22. The summed E-state index contributed by atoms with van der Waals surface area (Å²) in [7, 11) is 3.47. The lowest BCUT2D eigenvalue weighted by atomic mass is 10.2. The summed E-state index contributed by atoms with van der Waals surface area (Å²) in [5, 5.41) is 0.624. The number of thiazole rings is 1. The Morgan fingerprint density at radius 3 is 2.76 bits per heavy atom. The van der Waals surface area contributed by atoms with Crippen molar-refractivity contribution >= 4 is 26.7 Å². The Morgan fingerprint density at radius 1 is 1.19 bits per heavy atom. The summed E-state index contributed by atoms with van der Waals surface area (Å²) in [5.41, 5.74) is 8.01. The van der Waals surface area contributed by atoms with Crippen molar-refractivity contribution in [2.45, 2.75) is 13.0 Å². The van der Waals surface area contributed by atoms with Crippen LogP contribution in [0.15, 0.2) is 18.2 Å². The predicted octanol–water partition coefficient (Wildman–Crippen LogP) is 2.36. The minimum atomic E-state index is 0.624. The number of nitrogens with two attached hydrogens (primary N) is 1. The Hall–Kier alpha value is -1.21. The Kier molecular flexibility index (Phi) is 6.38. The highest BCUT2D eigenvalue weighted by Crippen LogP contribution is 2.25. The second-order valence-electron chi connectivity index (χ2n) is 4.97. The fourth-order valence-electron chi connectivity index (χ4n) is 2.27. The van der Waals surface area contributed by atoms with Gasteiger partial charge < -0.3 is 15.2 Å². The molecule has 0 spiro atoms. The van der Waals surface area contributed by atoms with E-state index < -0.39 is 0 Å². The Labute approximate surface area is 129 Å². The molecule has 0 saturated carbocycles. The molecule has 2 aromatic rings. The van der Waals surface area contributed by atoms with Crippen LogP contribution in [-0.4, -0.2) is 50.4 Å². The lowest BCUT2D eigenvalue weighted by molar-refractivity contribution is 0.129. The van der Waals surface area contributed by atoms with Gasteiger partial charge >= 0.3 is 0 Å². The van der Waals surface area contributed by atoms with Crippen molar-refractivity contribution in [1.29, 1.82) is 0 Å². The summed E-state index contributed by atoms with van der Waals surface area (Å²) in [6.07, 6.45) is 1.02. The van der Waals surface area contributed by atoms with Crippen molar-refractivity contribution in [2.24, 2.45) is 0 Å². The maximum atomic E-state index is 5.76. The van der Waals surface area contributed by atoms with E-state index in [1.807, 2.05) is 6.07 Å². The van der Waals surface area contributed by atoms with Crippen molar-refractivity contribution < 1.29 is 9.47 Å². The molecule has 6 heteroatoms. The van der Waals surface area contributed by atoms with Crippen molar-refractivity contribution in [1.82, 2.24) is 9.88 Å². The molecule has 0 amide bonds. The molecule has 0 unspecified atom stereocenters. The number of aromatic nitrogens is 1. The third kappa shape index (κ3) is 4.93. The van der Waals surface area contributed by atoms with E-state index in [-0.39, 0.29) is 0 Å². The van der Waals surface area contributed by atoms with E-state index >= 15 is 0 Å². The van der Waals surface area contributed by atoms with Gasteiger partial charge in [0.05, 0.1) is 16.8 Å². The standard InChI is InChI=1S/C15H23N3O2S/c1-19-8-3-6-18(7-9-20-2)11-12-4-5-13-14(10-12)21-15(16)17-13/h4-5,10H,3,6-9,11H2,1-2H3,(H2,16,17). The molecular weight excluding hydrogens is 286 g/mol. The second kappa shape index (κ2) is 8.29. The van der Waals surface area contributed by atoms with E-state index in [9.17, 15) is 0 Å². The van der Waals surface area contributed by atoms with Crippen LogP contribution in [0.2, 0.25) is 0 Å². The van der Waals surface area contributed by atoms with Crippen LogP contribution in [0.4, 0.5) is 5.13 Å². The van der Waals surface area contributed by atoms with Crippen LogP contribution in [0.1, 0.15) is 12.0 Å². The molecule has 0 radical (unpaired) electrons. The molecular formula is C15H23N3O2S. The number of hydrogen-bond donors (Lipinski definition) is 1. The Morgan fingerprint density at radius 2 is 2.00 bits per heavy atom. The van der Waals surface area contributed by atoms with E-state index in [0.29, 0.717) is 5.13 Å². The van der Waals surface area contributed by atoms with Crippen molar-refractivity contribution in [3.63, 3.8) is 0 Å². The molecule has 0 aliphatic carbocycles. The van der Waals surface area contributed by atoms with Gasteiger partial charge in [0.15, 0.2) is 5.13 Å². The highest BCUT2D eigenvalue weighted by Gasteiger charge is 2.08. The summed E-state index contributed by atoms with van der Waals surface area (Å²) in [4.78, 5) is 6.67. The maximum Gasteiger partial charge on any atom is 0.181 e. The fraction of sp³-hybridized carbons (Fsp3) is 0.533. The molecule has 0 aliphatic heterocycles. The zero-order chi connectivity index (χ0) is 15.1. The van der Waals surface area contributed by atoms with Gasteiger partial charge in [-0.1, -0.05) is 17.4 Å². The molecule has 0 atom stereocenters. The lowest BCUT2D eigenvalue weighted by Crippen LogP contribution is -2.28. The van der Waals surface area contributed by atoms with Crippen LogP contribution in [0.3, 0.4) is 0 Å². The van der Waals surface area contributed by atoms with Gasteiger partial charge in [0.1, 0.15) is 0 Å². The van der Waals surface area contributed by atoms with Crippen molar-refractivity contribution in [3.05, 3.63) is 23.8 Å². The highest BCUT2D eigenvalue weighted by atomic mass is 32.1. The number of nitrogens with zero attached hydrogens (tertiary/aromatic N) is 2. The van der Waals surface area contributed by atoms with Crippen molar-refractivity contribution in [2.75, 3.05) is 46.3 Å². The minimum Gasteiger partial charge on any atom is -0.385 e. The normalized spacial score (nSPS) is 11.6. The average molecular weight is 309 g/mol. The third-order valence-electron chi connectivity index (χ3n) is 3.31. The van der Waals surface area contributed by atoms with Crippen LogP contribution in [0.25, 0.3) is 10.2 Å². The summed E-state index contributed by atoms with van der Waals surface area (Å²) in [6.45, 7) is 4.35. The van der Waals surface area contributed by atoms with Gasteiger partial charge in [0.25, 0.3) is 0 Å². The molecule has 0 fully saturated rings. The largest absolute Gasteiger partial charge is 0.385 e. The summed E-state index contributed by atoms with van der Waals surface area (Å²) in [5.74, 6) is 0. The third-order valence-corrected chi connectivity index (χ3v) is 4.16. The Balaban J connectivity index is 2.01. The topological polar surface area (TPSA) is 60.6 Å². The van der Waals surface area contributed by atoms with E-state index in [4.69, 9.17) is 15.2 Å². The van der Waals surface area contributed by atoms with Gasteiger partial charge in [-0.2, -0.15) is 0 Å². The number of benzene rings is 1. The number of ether oxygens (including phenoxy) is 2. The van der Waals surface area contributed by atoms with E-state index in [1.54, 1.807) is 14.2 Å². The first-order valence-electron chi connectivity index (χ1n) is 7.08. The van der Waals surface area contributed by atoms with Crippen LogP contribution in [-0.2, 0) is 16.0 Å². The number of nitrogen functional groups attached to an aromatic ring is 1. The number of anilines is 1. The second-order valence-corrected chi connectivity index (χ2v) is 6.03. The Bertz CT molecular complexity index is 559. The summed E-state index contributed by atoms with van der Waals surface area (Å²) < 4.78 is 11.5. The van der Waals surface area contributed by atoms with Gasteiger partial charge in [0, 0.05) is 40.5 Å². The van der Waals surface area contributed by atoms with E-state index in [2.05, 4.69) is 22.0 Å². The predicted molar refractivity (Wildman–Crippen MR) is 87.7 cm³/mol. The minimum absolute atomic E-state index is 0.624. The fourth-order valence-corrected chi connectivity index (χ4v) is 3.06. The van der Waals surface area contributed by atoms with Gasteiger partial charge in [-0.15, -0.1) is 0 Å². The zero-order valence-corrected chi connectivity index (χ0v) is 13.5. The van der Waals surface area contributed by atoms with Gasteiger partial charge in [-0.3, -0.25) is 4.90 Å². The van der Waals surface area contributed by atoms with E-state index in [1.165, 1.54) is 16.9 Å². The maximum absolute atomic E-state index is 5.76. The number of hydrogen-bond acceptors (Lipinski definition) is 6. The molecule has 0 saturated heterocycles. The zero-order valence-electron chi connectivity index (χ0n) is 12.7. The quantitative estimate of drug-likeness (QED) is 0.721. The number of rotatable bonds is 9. The van der Waals surface area contributed by atoms with Crippen LogP contribution in [0.5, 0.6) is 0 Å². The monoisotopic (exact) mass is 309 g/mol. The highest BCUT2D eigenvalue weighted by molar-refractivity contribution is 7.22. The number of fused-ring (bicyclic) bond motifs is 1. The van der Waals surface area contributed by atoms with Gasteiger partial charge in [0.2, 0.25) is 0 Å². The molecule has 0 bridgehead atoms. The van der Waals surface area contributed by atoms with E-state index in [0.717, 1.165) is 49.5 Å². The molecule has 2 N–H and O–H groups in total. The average Bonchev–Trinajstić information content (AvgIpc) is 2.84. The molecule has 2 rings (SSSR count). The first-order valence-corrected chi connectivity index (χ1v) is 7.89. The smallest absolute Gasteiger partial charge is 0.181 e. The van der Waals surface area contributed by atoms with Crippen molar-refractivity contribution in [3.8, 4) is 0 Å². The molecule has 5 nitrogen and oxygen atoms in total. The first-order chi connectivity index (χ1) is 10.2. The SMILES string of the molecule is COCCCN(CCOC)Cc1ccc2nc(N)sc2c1. The molecule has 1 aromatic carbocycles. The van der Waals surface area contributed by atoms with Crippen LogP contribution < -0.4 is 5.73 Å². The van der Waals surface area contributed by atoms with Gasteiger partial charge in [-0.25, -0.2) is 4.98 Å². The molecule has 116 valence electrons.